The summed E-state index contributed by atoms with van der Waals surface area (Å²) in [6.07, 6.45) is 1.02. The topological polar surface area (TPSA) is 107 Å². The Morgan fingerprint density at radius 3 is 2.09 bits per heavy atom. The average molecular weight is 669 g/mol. The number of carbonyl (C=O) groups excluding carboxylic acids is 2. The van der Waals surface area contributed by atoms with Crippen LogP contribution in [0.25, 0.3) is 0 Å². The first kappa shape index (κ1) is 33.0. The Morgan fingerprint density at radius 1 is 0.886 bits per heavy atom. The molecule has 0 fully saturated rings. The predicted octanol–water partition coefficient (Wildman–Crippen LogP) is 6.11. The van der Waals surface area contributed by atoms with Crippen LogP contribution in [0, 0.1) is 11.6 Å². The molecule has 0 aliphatic carbocycles. The molecule has 1 N–H and O–H groups in total. The van der Waals surface area contributed by atoms with Crippen molar-refractivity contribution < 1.29 is 27.3 Å². The molecule has 1 unspecified atom stereocenters. The van der Waals surface area contributed by atoms with Gasteiger partial charge in [0.2, 0.25) is 0 Å². The van der Waals surface area contributed by atoms with Crippen molar-refractivity contribution in [3.05, 3.63) is 129 Å². The highest BCUT2D eigenvalue weighted by Crippen LogP contribution is 2.38. The number of halogens is 2. The lowest BCUT2D eigenvalue weighted by atomic mass is 10.0. The predicted molar refractivity (Wildman–Crippen MR) is 174 cm³/mol. The first-order chi connectivity index (χ1) is 20.8. The van der Waals surface area contributed by atoms with Crippen LogP contribution in [-0.4, -0.2) is 39.3 Å². The number of amides is 1. The van der Waals surface area contributed by atoms with Gasteiger partial charge in [0.25, 0.3) is 5.91 Å². The zero-order chi connectivity index (χ0) is 31.9. The molecular formula is C33H28Cl2NO6PS. The first-order valence-electron chi connectivity index (χ1n) is 13.3. The highest BCUT2D eigenvalue weighted by Gasteiger charge is 2.26. The van der Waals surface area contributed by atoms with Crippen LogP contribution in [0.2, 0.25) is 10.0 Å². The maximum atomic E-state index is 13.4. The van der Waals surface area contributed by atoms with Gasteiger partial charge in [-0.05, 0) is 41.1 Å². The molecule has 226 valence electrons. The monoisotopic (exact) mass is 667 g/mol. The van der Waals surface area contributed by atoms with E-state index in [1.165, 1.54) is 24.3 Å². The SMILES string of the molecule is CP(=O)(C#Cc1cc(Cl)c(C(=O)N[C@@H](Cc2cccc(S(C)(=O)=O)c2)C(=O)OCc2ccccc2)c(Cl)c1)c1ccccc1. The number of sulfone groups is 1. The zero-order valence-electron chi connectivity index (χ0n) is 23.8. The number of hydrogen-bond acceptors (Lipinski definition) is 6. The summed E-state index contributed by atoms with van der Waals surface area (Å²) in [6.45, 7) is 1.53. The number of hydrogen-bond donors (Lipinski definition) is 1. The molecule has 2 atom stereocenters. The standard InChI is InChI=1S/C33H28Cl2NO6PS/c1-43(39,26-13-7-4-8-14-26)17-16-25-19-28(34)31(29(35)20-25)32(37)36-30(33(38)42-22-23-10-5-3-6-11-23)21-24-12-9-15-27(18-24)44(2,40)41/h3-15,18-20,30H,21-22H2,1-2H3,(H,36,37)/t30-,43?/m0/s1. The molecule has 0 aliphatic rings. The fourth-order valence-corrected chi connectivity index (χ4v) is 6.76. The minimum atomic E-state index is -3.51. The van der Waals surface area contributed by atoms with Crippen molar-refractivity contribution in [2.75, 3.05) is 12.9 Å². The highest BCUT2D eigenvalue weighted by molar-refractivity contribution is 7.90. The van der Waals surface area contributed by atoms with E-state index in [0.717, 1.165) is 11.8 Å². The third-order valence-electron chi connectivity index (χ3n) is 6.51. The average Bonchev–Trinajstić information content (AvgIpc) is 2.99. The van der Waals surface area contributed by atoms with Gasteiger partial charge in [-0.2, -0.15) is 0 Å². The number of carbonyl (C=O) groups is 2. The van der Waals surface area contributed by atoms with Crippen molar-refractivity contribution in [1.29, 1.82) is 0 Å². The normalized spacial score (nSPS) is 13.1. The van der Waals surface area contributed by atoms with Gasteiger partial charge in [0, 0.05) is 30.2 Å². The fraction of sp³-hybridized carbons (Fsp3) is 0.152. The molecule has 0 radical (unpaired) electrons. The summed E-state index contributed by atoms with van der Waals surface area (Å²) in [5.41, 5.74) is 4.29. The van der Waals surface area contributed by atoms with Crippen LogP contribution in [0.3, 0.4) is 0 Å². The van der Waals surface area contributed by atoms with Gasteiger partial charge in [0.1, 0.15) is 12.6 Å². The molecule has 0 spiro atoms. The second kappa shape index (κ2) is 14.3. The van der Waals surface area contributed by atoms with E-state index in [9.17, 15) is 22.6 Å². The van der Waals surface area contributed by atoms with Gasteiger partial charge in [0.05, 0.1) is 20.5 Å². The summed E-state index contributed by atoms with van der Waals surface area (Å²) in [7, 11) is -6.50. The minimum Gasteiger partial charge on any atom is -0.459 e. The van der Waals surface area contributed by atoms with Crippen LogP contribution in [-0.2, 0) is 37.0 Å². The number of ether oxygens (including phenoxy) is 1. The van der Waals surface area contributed by atoms with Crippen LogP contribution in [0.1, 0.15) is 27.0 Å². The molecule has 4 aromatic carbocycles. The molecule has 4 rings (SSSR count). The van der Waals surface area contributed by atoms with E-state index >= 15 is 0 Å². The van der Waals surface area contributed by atoms with Crippen LogP contribution >= 0.6 is 30.3 Å². The summed E-state index contributed by atoms with van der Waals surface area (Å²) in [5.74, 6) is 1.36. The summed E-state index contributed by atoms with van der Waals surface area (Å²) in [6, 6.07) is 25.6. The van der Waals surface area contributed by atoms with E-state index in [0.29, 0.717) is 16.4 Å². The Balaban J connectivity index is 1.59. The first-order valence-corrected chi connectivity index (χ1v) is 18.1. The Kier molecular flexibility index (Phi) is 10.7. The number of benzene rings is 4. The third-order valence-corrected chi connectivity index (χ3v) is 10.0. The Hall–Kier alpha value is -3.86. The zero-order valence-corrected chi connectivity index (χ0v) is 27.0. The fourth-order valence-electron chi connectivity index (χ4n) is 4.20. The van der Waals surface area contributed by atoms with Crippen molar-refractivity contribution in [2.45, 2.75) is 24.0 Å². The number of rotatable bonds is 9. The van der Waals surface area contributed by atoms with Crippen molar-refractivity contribution >= 4 is 57.4 Å². The molecule has 7 nitrogen and oxygen atoms in total. The largest absolute Gasteiger partial charge is 0.459 e. The number of esters is 1. The van der Waals surface area contributed by atoms with E-state index in [2.05, 4.69) is 16.9 Å². The molecule has 4 aromatic rings. The van der Waals surface area contributed by atoms with E-state index < -0.39 is 34.9 Å². The van der Waals surface area contributed by atoms with Gasteiger partial charge >= 0.3 is 5.97 Å². The van der Waals surface area contributed by atoms with Crippen molar-refractivity contribution in [3.63, 3.8) is 0 Å². The maximum absolute atomic E-state index is 13.4. The molecular weight excluding hydrogens is 640 g/mol. The van der Waals surface area contributed by atoms with Gasteiger partial charge < -0.3 is 14.6 Å². The summed E-state index contributed by atoms with van der Waals surface area (Å²) in [4.78, 5) is 26.7. The van der Waals surface area contributed by atoms with Gasteiger partial charge in [-0.15, -0.1) is 0 Å². The Morgan fingerprint density at radius 2 is 1.48 bits per heavy atom. The van der Waals surface area contributed by atoms with Crippen LogP contribution in [0.5, 0.6) is 0 Å². The number of nitrogens with one attached hydrogen (secondary N) is 1. The molecule has 0 aromatic heterocycles. The lowest BCUT2D eigenvalue weighted by Gasteiger charge is -2.19. The molecule has 44 heavy (non-hydrogen) atoms. The Labute approximate surface area is 266 Å². The van der Waals surface area contributed by atoms with Gasteiger partial charge in [-0.25, -0.2) is 13.2 Å². The smallest absolute Gasteiger partial charge is 0.329 e. The minimum absolute atomic E-state index is 0.0274. The summed E-state index contributed by atoms with van der Waals surface area (Å²) < 4.78 is 42.8. The van der Waals surface area contributed by atoms with Gasteiger partial charge in [-0.1, -0.05) is 102 Å². The second-order valence-electron chi connectivity index (χ2n) is 10.1. The molecule has 0 aliphatic heterocycles. The van der Waals surface area contributed by atoms with Crippen molar-refractivity contribution in [2.24, 2.45) is 0 Å². The molecule has 0 saturated carbocycles. The lowest BCUT2D eigenvalue weighted by Crippen LogP contribution is -2.43. The second-order valence-corrected chi connectivity index (χ2v) is 15.5. The Bertz CT molecular complexity index is 1880. The highest BCUT2D eigenvalue weighted by atomic mass is 35.5. The molecule has 0 heterocycles. The summed E-state index contributed by atoms with van der Waals surface area (Å²) in [5, 5.41) is 3.19. The van der Waals surface area contributed by atoms with E-state index in [-0.39, 0.29) is 33.5 Å². The van der Waals surface area contributed by atoms with Gasteiger partial charge in [0.15, 0.2) is 17.0 Å². The molecule has 11 heteroatoms. The molecule has 0 bridgehead atoms. The van der Waals surface area contributed by atoms with E-state index in [1.807, 2.05) is 12.1 Å². The lowest BCUT2D eigenvalue weighted by molar-refractivity contribution is -0.147. The molecule has 1 amide bonds. The van der Waals surface area contributed by atoms with Gasteiger partial charge in [-0.3, -0.25) is 4.79 Å². The third kappa shape index (κ3) is 8.84. The molecule has 0 saturated heterocycles. The van der Waals surface area contributed by atoms with E-state index in [1.54, 1.807) is 67.3 Å². The van der Waals surface area contributed by atoms with E-state index in [4.69, 9.17) is 27.9 Å². The van der Waals surface area contributed by atoms with Crippen molar-refractivity contribution in [1.82, 2.24) is 5.32 Å². The maximum Gasteiger partial charge on any atom is 0.329 e. The van der Waals surface area contributed by atoms with Crippen LogP contribution in [0.4, 0.5) is 0 Å². The van der Waals surface area contributed by atoms with Crippen LogP contribution in [0.15, 0.2) is 102 Å². The van der Waals surface area contributed by atoms with Crippen LogP contribution < -0.4 is 10.6 Å². The van der Waals surface area contributed by atoms with Crippen molar-refractivity contribution in [3.8, 4) is 11.6 Å². The summed E-state index contributed by atoms with van der Waals surface area (Å²) >= 11 is 12.9. The quantitative estimate of drug-likeness (QED) is 0.131.